The molecule has 0 aliphatic heterocycles. The lowest BCUT2D eigenvalue weighted by Gasteiger charge is -2.13. The molecule has 0 fully saturated rings. The van der Waals surface area contributed by atoms with Crippen LogP contribution in [0.3, 0.4) is 0 Å². The van der Waals surface area contributed by atoms with Crippen LogP contribution in [0.15, 0.2) is 60.7 Å². The van der Waals surface area contributed by atoms with E-state index in [1.54, 1.807) is 28.4 Å². The molecule has 34 heavy (non-hydrogen) atoms. The molecule has 0 radical (unpaired) electrons. The van der Waals surface area contributed by atoms with Crippen molar-refractivity contribution in [1.29, 1.82) is 0 Å². The van der Waals surface area contributed by atoms with Gasteiger partial charge in [0.1, 0.15) is 5.69 Å². The number of nitrogens with zero attached hydrogens (tertiary/aromatic N) is 2. The summed E-state index contributed by atoms with van der Waals surface area (Å²) in [5.74, 6) is 2.51. The molecule has 0 aliphatic rings. The van der Waals surface area contributed by atoms with Crippen molar-refractivity contribution in [2.45, 2.75) is 13.5 Å². The van der Waals surface area contributed by atoms with Gasteiger partial charge in [-0.3, -0.25) is 4.68 Å². The third-order valence-corrected chi connectivity index (χ3v) is 6.15. The number of methoxy groups -OCH3 is 4. The Kier molecular flexibility index (Phi) is 6.98. The van der Waals surface area contributed by atoms with Gasteiger partial charge in [-0.1, -0.05) is 35.9 Å². The second kappa shape index (κ2) is 10.1. The highest BCUT2D eigenvalue weighted by molar-refractivity contribution is 6.35. The Bertz CT molecular complexity index is 1320. The molecule has 0 bridgehead atoms. The number of benzene rings is 3. The van der Waals surface area contributed by atoms with E-state index in [0.29, 0.717) is 40.3 Å². The van der Waals surface area contributed by atoms with Crippen LogP contribution in [0.1, 0.15) is 11.1 Å². The van der Waals surface area contributed by atoms with E-state index in [2.05, 4.69) is 19.1 Å². The first kappa shape index (κ1) is 23.5. The fourth-order valence-corrected chi connectivity index (χ4v) is 4.28. The molecule has 0 atom stereocenters. The summed E-state index contributed by atoms with van der Waals surface area (Å²) in [6, 6.07) is 19.6. The van der Waals surface area contributed by atoms with Gasteiger partial charge in [-0.05, 0) is 54.4 Å². The molecule has 0 aliphatic carbocycles. The third-order valence-electron chi connectivity index (χ3n) is 5.79. The van der Waals surface area contributed by atoms with Crippen LogP contribution < -0.4 is 18.9 Å². The lowest BCUT2D eigenvalue weighted by atomic mass is 10.1. The number of hydrogen-bond acceptors (Lipinski definition) is 5. The fourth-order valence-electron chi connectivity index (χ4n) is 3.93. The Morgan fingerprint density at radius 3 is 1.88 bits per heavy atom. The molecular weight excluding hydrogens is 452 g/mol. The molecule has 0 saturated heterocycles. The molecule has 1 aromatic heterocycles. The van der Waals surface area contributed by atoms with Crippen molar-refractivity contribution in [2.24, 2.45) is 0 Å². The molecule has 0 amide bonds. The van der Waals surface area contributed by atoms with Crippen LogP contribution in [0.5, 0.6) is 23.0 Å². The predicted octanol–water partition coefficient (Wildman–Crippen LogP) is 6.26. The topological polar surface area (TPSA) is 54.7 Å². The zero-order valence-corrected chi connectivity index (χ0v) is 20.6. The van der Waals surface area contributed by atoms with Gasteiger partial charge >= 0.3 is 0 Å². The second-order valence-electron chi connectivity index (χ2n) is 7.73. The van der Waals surface area contributed by atoms with Gasteiger partial charge in [-0.15, -0.1) is 0 Å². The predicted molar refractivity (Wildman–Crippen MR) is 135 cm³/mol. The van der Waals surface area contributed by atoms with E-state index in [9.17, 15) is 0 Å². The SMILES string of the molecule is COc1ccc(-c2nn(Cc3ccccc3C)c(-c3ccc(OC)c(OC)c3)c2Cl)cc1OC. The van der Waals surface area contributed by atoms with Crippen LogP contribution in [0, 0.1) is 6.92 Å². The van der Waals surface area contributed by atoms with E-state index in [1.165, 1.54) is 5.56 Å². The summed E-state index contributed by atoms with van der Waals surface area (Å²) >= 11 is 7.02. The molecular formula is C27H27ClN2O4. The van der Waals surface area contributed by atoms with Crippen LogP contribution in [0.4, 0.5) is 0 Å². The molecule has 0 saturated carbocycles. The van der Waals surface area contributed by atoms with Gasteiger partial charge < -0.3 is 18.9 Å². The number of rotatable bonds is 8. The van der Waals surface area contributed by atoms with Crippen LogP contribution in [-0.2, 0) is 6.54 Å². The van der Waals surface area contributed by atoms with Gasteiger partial charge in [0.25, 0.3) is 0 Å². The molecule has 0 spiro atoms. The Balaban J connectivity index is 1.91. The van der Waals surface area contributed by atoms with Gasteiger partial charge in [0.05, 0.1) is 45.7 Å². The highest BCUT2D eigenvalue weighted by Crippen LogP contribution is 2.41. The third kappa shape index (κ3) is 4.41. The Hall–Kier alpha value is -3.64. The average molecular weight is 479 g/mol. The number of halogens is 1. The van der Waals surface area contributed by atoms with E-state index in [0.717, 1.165) is 22.4 Å². The smallest absolute Gasteiger partial charge is 0.161 e. The summed E-state index contributed by atoms with van der Waals surface area (Å²) in [6.45, 7) is 2.65. The van der Waals surface area contributed by atoms with Crippen LogP contribution in [0.25, 0.3) is 22.5 Å². The van der Waals surface area contributed by atoms with E-state index in [1.807, 2.05) is 53.2 Å². The van der Waals surface area contributed by atoms with E-state index < -0.39 is 0 Å². The summed E-state index contributed by atoms with van der Waals surface area (Å²) in [7, 11) is 6.44. The molecule has 4 rings (SSSR count). The molecule has 4 aromatic rings. The molecule has 3 aromatic carbocycles. The summed E-state index contributed by atoms with van der Waals surface area (Å²) < 4.78 is 23.8. The number of aromatic nitrogens is 2. The standard InChI is InChI=1S/C27H27ClN2O4/c1-17-8-6-7-9-20(17)16-30-27(19-11-13-22(32-3)24(15-19)34-5)25(28)26(29-30)18-10-12-21(31-2)23(14-18)33-4/h6-15H,16H2,1-5H3. The molecule has 6 nitrogen and oxygen atoms in total. The maximum absolute atomic E-state index is 7.02. The number of aryl methyl sites for hydroxylation is 1. The first-order chi connectivity index (χ1) is 16.5. The normalized spacial score (nSPS) is 10.8. The van der Waals surface area contributed by atoms with Crippen LogP contribution >= 0.6 is 11.6 Å². The Morgan fingerprint density at radius 2 is 1.29 bits per heavy atom. The minimum atomic E-state index is 0.535. The monoisotopic (exact) mass is 478 g/mol. The minimum Gasteiger partial charge on any atom is -0.493 e. The first-order valence-corrected chi connectivity index (χ1v) is 11.1. The van der Waals surface area contributed by atoms with Crippen molar-refractivity contribution in [2.75, 3.05) is 28.4 Å². The number of ether oxygens (including phenoxy) is 4. The van der Waals surface area contributed by atoms with Crippen molar-refractivity contribution in [3.05, 3.63) is 76.8 Å². The van der Waals surface area contributed by atoms with Crippen molar-refractivity contribution in [1.82, 2.24) is 9.78 Å². The molecule has 0 unspecified atom stereocenters. The number of hydrogen-bond donors (Lipinski definition) is 0. The largest absolute Gasteiger partial charge is 0.493 e. The lowest BCUT2D eigenvalue weighted by molar-refractivity contribution is 0.355. The molecule has 0 N–H and O–H groups in total. The van der Waals surface area contributed by atoms with Crippen molar-refractivity contribution in [3.8, 4) is 45.5 Å². The van der Waals surface area contributed by atoms with Crippen molar-refractivity contribution >= 4 is 11.6 Å². The maximum Gasteiger partial charge on any atom is 0.161 e. The van der Waals surface area contributed by atoms with Gasteiger partial charge in [0, 0.05) is 11.1 Å². The van der Waals surface area contributed by atoms with E-state index in [-0.39, 0.29) is 0 Å². The van der Waals surface area contributed by atoms with Crippen molar-refractivity contribution in [3.63, 3.8) is 0 Å². The molecule has 7 heteroatoms. The van der Waals surface area contributed by atoms with Gasteiger partial charge in [0.2, 0.25) is 0 Å². The van der Waals surface area contributed by atoms with Crippen LogP contribution in [-0.4, -0.2) is 38.2 Å². The Labute approximate surface area is 204 Å². The second-order valence-corrected chi connectivity index (χ2v) is 8.11. The fraction of sp³-hybridized carbons (Fsp3) is 0.222. The highest BCUT2D eigenvalue weighted by Gasteiger charge is 2.22. The zero-order valence-electron chi connectivity index (χ0n) is 19.9. The lowest BCUT2D eigenvalue weighted by Crippen LogP contribution is -2.05. The van der Waals surface area contributed by atoms with Crippen LogP contribution in [0.2, 0.25) is 5.02 Å². The molecule has 176 valence electrons. The van der Waals surface area contributed by atoms with Gasteiger partial charge in [-0.2, -0.15) is 5.10 Å². The van der Waals surface area contributed by atoms with Gasteiger partial charge in [0.15, 0.2) is 23.0 Å². The van der Waals surface area contributed by atoms with Crippen molar-refractivity contribution < 1.29 is 18.9 Å². The quantitative estimate of drug-likeness (QED) is 0.299. The van der Waals surface area contributed by atoms with Gasteiger partial charge in [-0.25, -0.2) is 0 Å². The van der Waals surface area contributed by atoms with E-state index in [4.69, 9.17) is 35.6 Å². The summed E-state index contributed by atoms with van der Waals surface area (Å²) in [5, 5.41) is 5.47. The first-order valence-electron chi connectivity index (χ1n) is 10.8. The summed E-state index contributed by atoms with van der Waals surface area (Å²) in [4.78, 5) is 0. The zero-order chi connectivity index (χ0) is 24.2. The highest BCUT2D eigenvalue weighted by atomic mass is 35.5. The maximum atomic E-state index is 7.02. The summed E-state index contributed by atoms with van der Waals surface area (Å²) in [5.41, 5.74) is 5.47. The minimum absolute atomic E-state index is 0.535. The average Bonchev–Trinajstić information content (AvgIpc) is 3.19. The molecule has 1 heterocycles. The Morgan fingerprint density at radius 1 is 0.735 bits per heavy atom. The summed E-state index contributed by atoms with van der Waals surface area (Å²) in [6.07, 6.45) is 0. The van der Waals surface area contributed by atoms with E-state index >= 15 is 0 Å².